The van der Waals surface area contributed by atoms with Gasteiger partial charge in [0.05, 0.1) is 27.4 Å². The second-order valence-corrected chi connectivity index (χ2v) is 9.64. The van der Waals surface area contributed by atoms with E-state index in [1.165, 1.54) is 28.6 Å². The van der Waals surface area contributed by atoms with Gasteiger partial charge >= 0.3 is 0 Å². The highest BCUT2D eigenvalue weighted by Crippen LogP contribution is 2.34. The average molecular weight is 469 g/mol. The Labute approximate surface area is 172 Å². The largest absolute Gasteiger partial charge is 0.371 e. The topological polar surface area (TPSA) is 89.8 Å². The van der Waals surface area contributed by atoms with E-state index in [9.17, 15) is 18.5 Å². The number of sulfonamides is 1. The standard InChI is InChI=1S/C19H21BrN2O5S/c1-2-15-13-27-19(14-6-4-3-5-7-14)18(20)12-21(15)28(25,26)17-10-8-16(9-11-17)22(23)24/h3-11,15,18-19H,2,12-13H2,1H3/t15-,18-,19+/m1/s1. The first kappa shape index (κ1) is 20.9. The van der Waals surface area contributed by atoms with Gasteiger partial charge in [0.2, 0.25) is 10.0 Å². The third-order valence-corrected chi connectivity index (χ3v) is 7.51. The predicted molar refractivity (Wildman–Crippen MR) is 109 cm³/mol. The van der Waals surface area contributed by atoms with E-state index in [4.69, 9.17) is 4.74 Å². The molecule has 3 atom stereocenters. The smallest absolute Gasteiger partial charge is 0.269 e. The van der Waals surface area contributed by atoms with Gasteiger partial charge < -0.3 is 4.74 Å². The fourth-order valence-corrected chi connectivity index (χ4v) is 5.93. The minimum atomic E-state index is -3.83. The van der Waals surface area contributed by atoms with Crippen LogP contribution >= 0.6 is 15.9 Å². The maximum atomic E-state index is 13.3. The molecule has 0 unspecified atom stereocenters. The van der Waals surface area contributed by atoms with Crippen molar-refractivity contribution in [1.29, 1.82) is 0 Å². The van der Waals surface area contributed by atoms with Gasteiger partial charge in [-0.2, -0.15) is 4.31 Å². The Bertz CT molecular complexity index is 921. The molecule has 3 rings (SSSR count). The molecule has 0 spiro atoms. The second-order valence-electron chi connectivity index (χ2n) is 6.57. The predicted octanol–water partition coefficient (Wildman–Crippen LogP) is 3.90. The molecule has 0 aliphatic carbocycles. The minimum absolute atomic E-state index is 0.0365. The van der Waals surface area contributed by atoms with Crippen LogP contribution < -0.4 is 0 Å². The van der Waals surface area contributed by atoms with Crippen molar-refractivity contribution in [3.8, 4) is 0 Å². The maximum absolute atomic E-state index is 13.3. The van der Waals surface area contributed by atoms with Crippen molar-refractivity contribution >= 4 is 31.6 Å². The fraction of sp³-hybridized carbons (Fsp3) is 0.368. The van der Waals surface area contributed by atoms with Crippen LogP contribution in [0, 0.1) is 10.1 Å². The molecule has 150 valence electrons. The quantitative estimate of drug-likeness (QED) is 0.377. The Morgan fingerprint density at radius 3 is 2.39 bits per heavy atom. The number of nitro groups is 1. The highest BCUT2D eigenvalue weighted by molar-refractivity contribution is 9.09. The lowest BCUT2D eigenvalue weighted by Gasteiger charge is -2.28. The Kier molecular flexibility index (Phi) is 6.49. The Balaban J connectivity index is 1.91. The maximum Gasteiger partial charge on any atom is 0.269 e. The zero-order valence-electron chi connectivity index (χ0n) is 15.3. The monoisotopic (exact) mass is 468 g/mol. The number of rotatable bonds is 5. The lowest BCUT2D eigenvalue weighted by molar-refractivity contribution is -0.384. The fourth-order valence-electron chi connectivity index (χ4n) is 3.26. The molecule has 1 aliphatic heterocycles. The third kappa shape index (κ3) is 4.27. The number of hydrogen-bond donors (Lipinski definition) is 0. The molecule has 0 radical (unpaired) electrons. The van der Waals surface area contributed by atoms with Crippen molar-refractivity contribution in [3.05, 3.63) is 70.3 Å². The first-order valence-electron chi connectivity index (χ1n) is 8.91. The van der Waals surface area contributed by atoms with Gasteiger partial charge in [0.25, 0.3) is 5.69 Å². The van der Waals surface area contributed by atoms with Gasteiger partial charge in [-0.1, -0.05) is 53.2 Å². The van der Waals surface area contributed by atoms with E-state index in [2.05, 4.69) is 15.9 Å². The lowest BCUT2D eigenvalue weighted by Crippen LogP contribution is -2.43. The van der Waals surface area contributed by atoms with E-state index in [0.29, 0.717) is 6.42 Å². The van der Waals surface area contributed by atoms with E-state index in [-0.39, 0.29) is 40.7 Å². The van der Waals surface area contributed by atoms with Crippen LogP contribution in [0.4, 0.5) is 5.69 Å². The normalized spacial score (nSPS) is 23.9. The highest BCUT2D eigenvalue weighted by Gasteiger charge is 2.38. The molecule has 9 heteroatoms. The number of nitro benzene ring substituents is 1. The molecule has 28 heavy (non-hydrogen) atoms. The molecular formula is C19H21BrN2O5S. The summed E-state index contributed by atoms with van der Waals surface area (Å²) in [5, 5.41) is 10.8. The average Bonchev–Trinajstić information content (AvgIpc) is 2.87. The van der Waals surface area contributed by atoms with E-state index >= 15 is 0 Å². The molecule has 0 N–H and O–H groups in total. The van der Waals surface area contributed by atoms with E-state index in [1.807, 2.05) is 37.3 Å². The van der Waals surface area contributed by atoms with Crippen molar-refractivity contribution in [1.82, 2.24) is 4.31 Å². The van der Waals surface area contributed by atoms with Crippen LogP contribution in [0.3, 0.4) is 0 Å². The zero-order valence-corrected chi connectivity index (χ0v) is 17.7. The number of non-ortho nitro benzene ring substituents is 1. The molecule has 0 aromatic heterocycles. The van der Waals surface area contributed by atoms with Crippen molar-refractivity contribution in [2.24, 2.45) is 0 Å². The van der Waals surface area contributed by atoms with Gasteiger partial charge in [-0.25, -0.2) is 8.42 Å². The Morgan fingerprint density at radius 1 is 1.18 bits per heavy atom. The molecule has 7 nitrogen and oxygen atoms in total. The molecule has 0 bridgehead atoms. The highest BCUT2D eigenvalue weighted by atomic mass is 79.9. The first-order valence-corrected chi connectivity index (χ1v) is 11.3. The lowest BCUT2D eigenvalue weighted by atomic mass is 10.1. The molecule has 0 saturated carbocycles. The van der Waals surface area contributed by atoms with Crippen molar-refractivity contribution < 1.29 is 18.1 Å². The number of alkyl halides is 1. The summed E-state index contributed by atoms with van der Waals surface area (Å²) in [4.78, 5) is 10.1. The number of benzene rings is 2. The molecule has 1 saturated heterocycles. The summed E-state index contributed by atoms with van der Waals surface area (Å²) in [6.07, 6.45) is 0.320. The van der Waals surface area contributed by atoms with Gasteiger partial charge in [0.15, 0.2) is 0 Å². The van der Waals surface area contributed by atoms with E-state index < -0.39 is 14.9 Å². The molecule has 2 aromatic rings. The molecule has 1 fully saturated rings. The summed E-state index contributed by atoms with van der Waals surface area (Å²) in [6.45, 7) is 2.42. The van der Waals surface area contributed by atoms with Gasteiger partial charge in [-0.3, -0.25) is 10.1 Å². The number of halogens is 1. The van der Waals surface area contributed by atoms with Crippen LogP contribution in [0.2, 0.25) is 0 Å². The first-order chi connectivity index (χ1) is 13.3. The van der Waals surface area contributed by atoms with Gasteiger partial charge in [-0.15, -0.1) is 0 Å². The van der Waals surface area contributed by atoms with Crippen LogP contribution in [0.1, 0.15) is 25.0 Å². The van der Waals surface area contributed by atoms with Crippen molar-refractivity contribution in [2.45, 2.75) is 35.2 Å². The summed E-state index contributed by atoms with van der Waals surface area (Å²) in [7, 11) is -3.83. The molecule has 0 amide bonds. The van der Waals surface area contributed by atoms with E-state index in [1.54, 1.807) is 0 Å². The molecule has 1 aliphatic rings. The van der Waals surface area contributed by atoms with Gasteiger partial charge in [0, 0.05) is 24.7 Å². The minimum Gasteiger partial charge on any atom is -0.371 e. The van der Waals surface area contributed by atoms with Crippen LogP contribution in [0.15, 0.2) is 59.5 Å². The molecule has 2 aromatic carbocycles. The summed E-state index contributed by atoms with van der Waals surface area (Å²) in [5.74, 6) is 0. The second kappa shape index (κ2) is 8.69. The van der Waals surface area contributed by atoms with Crippen LogP contribution in [-0.2, 0) is 14.8 Å². The van der Waals surface area contributed by atoms with Crippen molar-refractivity contribution in [3.63, 3.8) is 0 Å². The number of nitrogens with zero attached hydrogens (tertiary/aromatic N) is 2. The van der Waals surface area contributed by atoms with Crippen LogP contribution in [0.25, 0.3) is 0 Å². The summed E-state index contributed by atoms with van der Waals surface area (Å²) < 4.78 is 34.0. The number of ether oxygens (including phenoxy) is 1. The number of hydrogen-bond acceptors (Lipinski definition) is 5. The van der Waals surface area contributed by atoms with Gasteiger partial charge in [0.1, 0.15) is 0 Å². The SMILES string of the molecule is CC[C@@H]1CO[C@@H](c2ccccc2)[C@H](Br)CN1S(=O)(=O)c1ccc([N+](=O)[O-])cc1. The zero-order chi connectivity index (χ0) is 20.3. The Hall–Kier alpha value is -1.81. The molecule has 1 heterocycles. The summed E-state index contributed by atoms with van der Waals surface area (Å²) in [6, 6.07) is 14.3. The van der Waals surface area contributed by atoms with Crippen molar-refractivity contribution in [2.75, 3.05) is 13.2 Å². The summed E-state index contributed by atoms with van der Waals surface area (Å²) >= 11 is 3.61. The van der Waals surface area contributed by atoms with E-state index in [0.717, 1.165) is 5.56 Å². The third-order valence-electron chi connectivity index (χ3n) is 4.81. The van der Waals surface area contributed by atoms with Gasteiger partial charge in [-0.05, 0) is 24.1 Å². The molecular weight excluding hydrogens is 448 g/mol. The Morgan fingerprint density at radius 2 is 1.82 bits per heavy atom. The summed E-state index contributed by atoms with van der Waals surface area (Å²) in [5.41, 5.74) is 0.835. The van der Waals surface area contributed by atoms with Crippen LogP contribution in [-0.4, -0.2) is 41.7 Å². The van der Waals surface area contributed by atoms with Crippen LogP contribution in [0.5, 0.6) is 0 Å².